The van der Waals surface area contributed by atoms with Gasteiger partial charge in [-0.25, -0.2) is 0 Å². The molecule has 6 nitrogen and oxygen atoms in total. The number of hydrogen-bond donors (Lipinski definition) is 2. The van der Waals surface area contributed by atoms with E-state index < -0.39 is 11.8 Å². The highest BCUT2D eigenvalue weighted by Crippen LogP contribution is 2.28. The smallest absolute Gasteiger partial charge is 0.270 e. The summed E-state index contributed by atoms with van der Waals surface area (Å²) in [6.07, 6.45) is 1.36. The number of halogens is 1. The van der Waals surface area contributed by atoms with Crippen LogP contribution in [0.4, 0.5) is 5.69 Å². The summed E-state index contributed by atoms with van der Waals surface area (Å²) < 4.78 is 5.76. The third-order valence-electron chi connectivity index (χ3n) is 4.46. The predicted octanol–water partition coefficient (Wildman–Crippen LogP) is 4.67. The Kier molecular flexibility index (Phi) is 5.70. The SMILES string of the molecule is O=C1NC(=S)N(c2ccc(Oc3ccccc3)cc2)C(=O)/C1=C/c1ccc(O)cc1Cl. The maximum atomic E-state index is 13.1. The van der Waals surface area contributed by atoms with E-state index in [0.717, 1.165) is 0 Å². The van der Waals surface area contributed by atoms with E-state index in [4.69, 9.17) is 28.6 Å². The number of phenolic OH excluding ortho intramolecular Hbond substituents is 1. The standard InChI is InChI=1S/C23H15ClN2O4S/c24-20-13-16(27)9-6-14(20)12-19-21(28)25-23(31)26(22(19)29)15-7-10-18(11-8-15)30-17-4-2-1-3-5-17/h1-13,27H,(H,25,28,31)/b19-12+. The summed E-state index contributed by atoms with van der Waals surface area (Å²) in [5.74, 6) is 0.0327. The Hall–Kier alpha value is -3.68. The predicted molar refractivity (Wildman–Crippen MR) is 122 cm³/mol. The molecule has 1 heterocycles. The van der Waals surface area contributed by atoms with Gasteiger partial charge in [-0.15, -0.1) is 0 Å². The van der Waals surface area contributed by atoms with Gasteiger partial charge in [0.1, 0.15) is 22.8 Å². The average molecular weight is 451 g/mol. The van der Waals surface area contributed by atoms with Crippen LogP contribution in [-0.4, -0.2) is 22.0 Å². The van der Waals surface area contributed by atoms with Gasteiger partial charge < -0.3 is 9.84 Å². The number of carbonyl (C=O) groups is 2. The number of carbonyl (C=O) groups excluding carboxylic acids is 2. The maximum absolute atomic E-state index is 13.1. The van der Waals surface area contributed by atoms with Crippen molar-refractivity contribution in [3.8, 4) is 17.2 Å². The van der Waals surface area contributed by atoms with Crippen molar-refractivity contribution in [2.24, 2.45) is 0 Å². The van der Waals surface area contributed by atoms with Gasteiger partial charge in [0.15, 0.2) is 5.11 Å². The molecular weight excluding hydrogens is 436 g/mol. The Labute approximate surface area is 188 Å². The van der Waals surface area contributed by atoms with Crippen LogP contribution in [0.1, 0.15) is 5.56 Å². The minimum atomic E-state index is -0.626. The quantitative estimate of drug-likeness (QED) is 0.343. The molecule has 1 aliphatic heterocycles. The number of aromatic hydroxyl groups is 1. The first-order chi connectivity index (χ1) is 14.9. The molecule has 31 heavy (non-hydrogen) atoms. The number of hydrogen-bond acceptors (Lipinski definition) is 5. The molecule has 154 valence electrons. The summed E-state index contributed by atoms with van der Waals surface area (Å²) >= 11 is 11.3. The van der Waals surface area contributed by atoms with Crippen LogP contribution in [-0.2, 0) is 9.59 Å². The largest absolute Gasteiger partial charge is 0.508 e. The molecule has 0 atom stereocenters. The number of benzene rings is 3. The molecule has 0 spiro atoms. The monoisotopic (exact) mass is 450 g/mol. The second kappa shape index (κ2) is 8.59. The topological polar surface area (TPSA) is 78.9 Å². The number of anilines is 1. The molecule has 1 saturated heterocycles. The van der Waals surface area contributed by atoms with E-state index in [1.165, 1.54) is 29.2 Å². The minimum absolute atomic E-state index is 0.0211. The van der Waals surface area contributed by atoms with Crippen molar-refractivity contribution < 1.29 is 19.4 Å². The third-order valence-corrected chi connectivity index (χ3v) is 5.07. The molecule has 0 aliphatic carbocycles. The van der Waals surface area contributed by atoms with Gasteiger partial charge in [0.05, 0.1) is 10.7 Å². The zero-order valence-electron chi connectivity index (χ0n) is 15.9. The summed E-state index contributed by atoms with van der Waals surface area (Å²) in [5, 5.41) is 12.2. The van der Waals surface area contributed by atoms with E-state index in [0.29, 0.717) is 22.7 Å². The van der Waals surface area contributed by atoms with Crippen LogP contribution in [0, 0.1) is 0 Å². The maximum Gasteiger partial charge on any atom is 0.270 e. The molecule has 0 saturated carbocycles. The highest BCUT2D eigenvalue weighted by molar-refractivity contribution is 7.80. The Morgan fingerprint density at radius 3 is 2.32 bits per heavy atom. The number of rotatable bonds is 4. The molecule has 2 N–H and O–H groups in total. The first-order valence-electron chi connectivity index (χ1n) is 9.15. The number of nitrogens with one attached hydrogen (secondary N) is 1. The van der Waals surface area contributed by atoms with Crippen LogP contribution >= 0.6 is 23.8 Å². The fourth-order valence-corrected chi connectivity index (χ4v) is 3.48. The molecule has 3 aromatic rings. The Morgan fingerprint density at radius 2 is 1.65 bits per heavy atom. The van der Waals surface area contributed by atoms with Gasteiger partial charge in [0.2, 0.25) is 0 Å². The van der Waals surface area contributed by atoms with E-state index in [1.54, 1.807) is 24.3 Å². The van der Waals surface area contributed by atoms with Crippen molar-refractivity contribution >= 4 is 52.5 Å². The number of para-hydroxylation sites is 1. The van der Waals surface area contributed by atoms with Gasteiger partial charge >= 0.3 is 0 Å². The Bertz CT molecular complexity index is 1210. The van der Waals surface area contributed by atoms with E-state index in [1.807, 2.05) is 30.3 Å². The molecule has 0 bridgehead atoms. The zero-order chi connectivity index (χ0) is 22.0. The number of amides is 2. The van der Waals surface area contributed by atoms with Crippen molar-refractivity contribution in [3.05, 3.63) is 89.0 Å². The zero-order valence-corrected chi connectivity index (χ0v) is 17.5. The molecule has 3 aromatic carbocycles. The molecular formula is C23H15ClN2O4S. The van der Waals surface area contributed by atoms with E-state index in [-0.39, 0.29) is 21.5 Å². The van der Waals surface area contributed by atoms with Crippen molar-refractivity contribution in [2.45, 2.75) is 0 Å². The van der Waals surface area contributed by atoms with Gasteiger partial charge in [-0.05, 0) is 78.5 Å². The number of thiocarbonyl (C=S) groups is 1. The molecule has 1 aliphatic rings. The van der Waals surface area contributed by atoms with Gasteiger partial charge in [-0.2, -0.15) is 0 Å². The lowest BCUT2D eigenvalue weighted by atomic mass is 10.1. The van der Waals surface area contributed by atoms with Gasteiger partial charge in [-0.3, -0.25) is 19.8 Å². The summed E-state index contributed by atoms with van der Waals surface area (Å²) in [7, 11) is 0. The summed E-state index contributed by atoms with van der Waals surface area (Å²) in [5.41, 5.74) is 0.751. The summed E-state index contributed by atoms with van der Waals surface area (Å²) in [6.45, 7) is 0. The van der Waals surface area contributed by atoms with Crippen molar-refractivity contribution in [2.75, 3.05) is 4.90 Å². The fraction of sp³-hybridized carbons (Fsp3) is 0. The van der Waals surface area contributed by atoms with Crippen LogP contribution in [0.15, 0.2) is 78.4 Å². The number of ether oxygens (including phenoxy) is 1. The Morgan fingerprint density at radius 1 is 0.968 bits per heavy atom. The molecule has 2 amide bonds. The van der Waals surface area contributed by atoms with Crippen LogP contribution < -0.4 is 15.0 Å². The Balaban J connectivity index is 1.62. The van der Waals surface area contributed by atoms with Gasteiger partial charge in [0, 0.05) is 0 Å². The molecule has 0 radical (unpaired) electrons. The van der Waals surface area contributed by atoms with Gasteiger partial charge in [-0.1, -0.05) is 29.8 Å². The molecule has 8 heteroatoms. The second-order valence-electron chi connectivity index (χ2n) is 6.57. The lowest BCUT2D eigenvalue weighted by Crippen LogP contribution is -2.54. The highest BCUT2D eigenvalue weighted by atomic mass is 35.5. The van der Waals surface area contributed by atoms with Crippen LogP contribution in [0.3, 0.4) is 0 Å². The molecule has 0 aromatic heterocycles. The number of phenols is 1. The molecule has 0 unspecified atom stereocenters. The average Bonchev–Trinajstić information content (AvgIpc) is 2.74. The normalized spacial score (nSPS) is 15.2. The van der Waals surface area contributed by atoms with Crippen molar-refractivity contribution in [1.82, 2.24) is 5.32 Å². The van der Waals surface area contributed by atoms with Crippen molar-refractivity contribution in [1.29, 1.82) is 0 Å². The molecule has 1 fully saturated rings. The minimum Gasteiger partial charge on any atom is -0.508 e. The highest BCUT2D eigenvalue weighted by Gasteiger charge is 2.34. The number of nitrogens with zero attached hydrogens (tertiary/aromatic N) is 1. The first-order valence-corrected chi connectivity index (χ1v) is 9.94. The summed E-state index contributed by atoms with van der Waals surface area (Å²) in [6, 6.07) is 20.3. The fourth-order valence-electron chi connectivity index (χ4n) is 2.97. The van der Waals surface area contributed by atoms with Crippen LogP contribution in [0.5, 0.6) is 17.2 Å². The van der Waals surface area contributed by atoms with E-state index in [2.05, 4.69) is 5.32 Å². The van der Waals surface area contributed by atoms with Crippen LogP contribution in [0.25, 0.3) is 6.08 Å². The molecule has 4 rings (SSSR count). The second-order valence-corrected chi connectivity index (χ2v) is 7.37. The lowest BCUT2D eigenvalue weighted by Gasteiger charge is -2.29. The summed E-state index contributed by atoms with van der Waals surface area (Å²) in [4.78, 5) is 26.7. The van der Waals surface area contributed by atoms with Crippen LogP contribution in [0.2, 0.25) is 5.02 Å². The van der Waals surface area contributed by atoms with Gasteiger partial charge in [0.25, 0.3) is 11.8 Å². The van der Waals surface area contributed by atoms with E-state index in [9.17, 15) is 14.7 Å². The van der Waals surface area contributed by atoms with Crippen molar-refractivity contribution in [3.63, 3.8) is 0 Å². The first kappa shape index (κ1) is 20.6. The lowest BCUT2D eigenvalue weighted by molar-refractivity contribution is -0.122. The van der Waals surface area contributed by atoms with E-state index >= 15 is 0 Å². The third kappa shape index (κ3) is 4.42.